The lowest BCUT2D eigenvalue weighted by Gasteiger charge is -2.46. The highest BCUT2D eigenvalue weighted by atomic mass is 35.5. The van der Waals surface area contributed by atoms with E-state index in [4.69, 9.17) is 18.9 Å². The summed E-state index contributed by atoms with van der Waals surface area (Å²) in [6.07, 6.45) is -12.1. The number of quaternary nitrogens is 5. The Morgan fingerprint density at radius 3 is 1.63 bits per heavy atom. The van der Waals surface area contributed by atoms with Gasteiger partial charge in [-0.1, -0.05) is 0 Å². The van der Waals surface area contributed by atoms with Crippen molar-refractivity contribution < 1.29 is 140 Å². The van der Waals surface area contributed by atoms with Crippen molar-refractivity contribution in [2.45, 2.75) is 98.1 Å². The zero-order valence-corrected chi connectivity index (χ0v) is 24.3. The fourth-order valence-corrected chi connectivity index (χ4v) is 4.69. The molecule has 0 amide bonds. The summed E-state index contributed by atoms with van der Waals surface area (Å²) in [5, 5.41) is 61.7. The van der Waals surface area contributed by atoms with E-state index in [1.54, 1.807) is 0 Å². The minimum atomic E-state index is -1.49. The van der Waals surface area contributed by atoms with Crippen LogP contribution in [-0.4, -0.2) is 135 Å². The first-order chi connectivity index (χ1) is 15.5. The van der Waals surface area contributed by atoms with Crippen LogP contribution in [-0.2, 0) is 18.9 Å². The lowest BCUT2D eigenvalue weighted by molar-refractivity contribution is -0.539. The molecule has 20 heteroatoms. The minimum Gasteiger partial charge on any atom is -1.00 e. The molecule has 0 aromatic heterocycles. The van der Waals surface area contributed by atoms with Crippen molar-refractivity contribution >= 4 is 0 Å². The number of aliphatic hydroxyl groups excluding tert-OH is 6. The second kappa shape index (κ2) is 18.4. The molecule has 0 spiro atoms. The standard InChI is InChI=1S/C18H37N5O10.5ClH/c19-2-6-11(26)13(28)9(23)17(30-6)32-15-5(21)1-4(20)10(25)16(15)33-18-14(29)12(27)8(22)7(3-24)31-18;;;;;/h4-18,24-29H,1-3,19-23H2;5*1H/t4-,5+,6-,7-,8-,9-,10+,11-,12+,13-,14-,15-,16-,17-,18+;;;;;/m1...../s1. The molecule has 21 N–H and O–H groups in total. The van der Waals surface area contributed by atoms with Crippen LogP contribution in [0.5, 0.6) is 0 Å². The first-order valence-corrected chi connectivity index (χ1v) is 11.3. The van der Waals surface area contributed by atoms with Gasteiger partial charge in [-0.05, 0) is 0 Å². The summed E-state index contributed by atoms with van der Waals surface area (Å²) in [5.74, 6) is 0. The maximum absolute atomic E-state index is 10.9. The second-order valence-electron chi connectivity index (χ2n) is 9.30. The summed E-state index contributed by atoms with van der Waals surface area (Å²) in [6.45, 7) is -0.270. The highest BCUT2D eigenvalue weighted by Crippen LogP contribution is 2.30. The molecular weight excluding hydrogens is 623 g/mol. The monoisotopic (exact) mass is 663 g/mol. The Morgan fingerprint density at radius 2 is 1.11 bits per heavy atom. The topological polar surface area (TPSA) is 296 Å². The molecule has 1 aliphatic carbocycles. The van der Waals surface area contributed by atoms with Crippen LogP contribution in [0.2, 0.25) is 0 Å². The Hall–Kier alpha value is 0.850. The van der Waals surface area contributed by atoms with Gasteiger partial charge >= 0.3 is 0 Å². The predicted molar refractivity (Wildman–Crippen MR) is 103 cm³/mol. The van der Waals surface area contributed by atoms with Gasteiger partial charge in [-0.2, -0.15) is 0 Å². The fraction of sp³-hybridized carbons (Fsp3) is 1.00. The van der Waals surface area contributed by atoms with Crippen LogP contribution in [0.1, 0.15) is 6.42 Å². The van der Waals surface area contributed by atoms with Gasteiger partial charge in [0.2, 0.25) is 6.29 Å². The third kappa shape index (κ3) is 8.92. The van der Waals surface area contributed by atoms with E-state index in [0.29, 0.717) is 6.42 Å². The Morgan fingerprint density at radius 1 is 0.605 bits per heavy atom. The average molecular weight is 666 g/mol. The molecule has 0 radical (unpaired) electrons. The van der Waals surface area contributed by atoms with Crippen molar-refractivity contribution in [2.75, 3.05) is 13.2 Å². The minimum absolute atomic E-state index is 0. The van der Waals surface area contributed by atoms with Crippen LogP contribution in [0, 0.1) is 0 Å². The van der Waals surface area contributed by atoms with Gasteiger partial charge in [0, 0.05) is 0 Å². The van der Waals surface area contributed by atoms with E-state index in [0.717, 1.165) is 0 Å². The molecule has 2 heterocycles. The van der Waals surface area contributed by atoms with E-state index in [2.05, 4.69) is 28.7 Å². The quantitative estimate of drug-likeness (QED) is 0.127. The molecule has 3 aliphatic rings. The summed E-state index contributed by atoms with van der Waals surface area (Å²) in [7, 11) is 0. The lowest BCUT2D eigenvalue weighted by atomic mass is 9.84. The largest absolute Gasteiger partial charge is 1.00 e. The average Bonchev–Trinajstić information content (AvgIpc) is 2.79. The van der Waals surface area contributed by atoms with Gasteiger partial charge in [-0.3, -0.25) is 0 Å². The summed E-state index contributed by atoms with van der Waals surface area (Å²) in [4.78, 5) is 0. The first kappa shape index (κ1) is 43.3. The van der Waals surface area contributed by atoms with E-state index in [-0.39, 0.29) is 68.6 Å². The van der Waals surface area contributed by atoms with E-state index in [9.17, 15) is 30.6 Å². The maximum Gasteiger partial charge on any atom is 0.214 e. The van der Waals surface area contributed by atoms with Crippen LogP contribution >= 0.6 is 0 Å². The number of hydrogen-bond donors (Lipinski definition) is 11. The number of aliphatic hydroxyl groups is 6. The Labute approximate surface area is 251 Å². The molecule has 15 atom stereocenters. The second-order valence-corrected chi connectivity index (χ2v) is 9.30. The molecule has 3 fully saturated rings. The van der Waals surface area contributed by atoms with Gasteiger partial charge in [0.05, 0.1) is 13.0 Å². The molecule has 15 nitrogen and oxygen atoms in total. The van der Waals surface area contributed by atoms with Gasteiger partial charge in [0.15, 0.2) is 12.3 Å². The van der Waals surface area contributed by atoms with E-state index >= 15 is 0 Å². The van der Waals surface area contributed by atoms with Crippen LogP contribution in [0.25, 0.3) is 0 Å². The maximum atomic E-state index is 10.9. The molecule has 234 valence electrons. The molecule has 0 aromatic rings. The van der Waals surface area contributed by atoms with Gasteiger partial charge < -0.3 is 140 Å². The molecule has 0 unspecified atom stereocenters. The van der Waals surface area contributed by atoms with Crippen molar-refractivity contribution in [3.05, 3.63) is 0 Å². The number of ether oxygens (including phenoxy) is 4. The molecule has 3 rings (SSSR count). The first-order valence-electron chi connectivity index (χ1n) is 11.3. The van der Waals surface area contributed by atoms with Crippen LogP contribution < -0.4 is 90.7 Å². The lowest BCUT2D eigenvalue weighted by Crippen LogP contribution is -3.00. The van der Waals surface area contributed by atoms with Gasteiger partial charge in [-0.25, -0.2) is 0 Å². The third-order valence-corrected chi connectivity index (χ3v) is 6.94. The van der Waals surface area contributed by atoms with Crippen molar-refractivity contribution in [3.63, 3.8) is 0 Å². The molecule has 0 bridgehead atoms. The number of halogens is 5. The normalized spacial score (nSPS) is 46.7. The van der Waals surface area contributed by atoms with Gasteiger partial charge in [0.1, 0.15) is 79.6 Å². The van der Waals surface area contributed by atoms with Crippen LogP contribution in [0.3, 0.4) is 0 Å². The Balaban J connectivity index is -0.00000245. The van der Waals surface area contributed by atoms with Crippen molar-refractivity contribution in [2.24, 2.45) is 0 Å². The van der Waals surface area contributed by atoms with Gasteiger partial charge in [-0.15, -0.1) is 0 Å². The fourth-order valence-electron chi connectivity index (χ4n) is 4.69. The van der Waals surface area contributed by atoms with Crippen molar-refractivity contribution in [3.8, 4) is 0 Å². The number of hydrogen-bond acceptors (Lipinski definition) is 10. The zero-order chi connectivity index (χ0) is 24.6. The highest BCUT2D eigenvalue weighted by Gasteiger charge is 2.55. The van der Waals surface area contributed by atoms with E-state index in [1.165, 1.54) is 0 Å². The summed E-state index contributed by atoms with van der Waals surface area (Å²) >= 11 is 0. The zero-order valence-electron chi connectivity index (χ0n) is 20.5. The summed E-state index contributed by atoms with van der Waals surface area (Å²) in [5.41, 5.74) is 19.3. The van der Waals surface area contributed by atoms with E-state index in [1.807, 2.05) is 0 Å². The number of rotatable bonds is 6. The molecule has 2 saturated heterocycles. The SMILES string of the molecule is [Cl-].[Cl-].[Cl-].[Cl-].[Cl-].[NH3+]C[C@H]1O[C@H](O[C@H]2[C@H](O[C@@H]3O[C@H](CO)[C@@H]([NH3+])[C@H](O)[C@H]3O)[C@@H](O)[C@H]([NH3+])C[C@@H]2[NH3+])[C@H]([NH3+])[C@@H](O)[C@@H]1O. The molecule has 1 saturated carbocycles. The van der Waals surface area contributed by atoms with Crippen LogP contribution in [0.15, 0.2) is 0 Å². The third-order valence-electron chi connectivity index (χ3n) is 6.94. The summed E-state index contributed by atoms with van der Waals surface area (Å²) < 4.78 is 23.4. The van der Waals surface area contributed by atoms with Crippen LogP contribution in [0.4, 0.5) is 0 Å². The summed E-state index contributed by atoms with van der Waals surface area (Å²) in [6, 6.07) is -2.54. The molecular formula is C18H42Cl5N5O10. The highest BCUT2D eigenvalue weighted by molar-refractivity contribution is 4.97. The van der Waals surface area contributed by atoms with Crippen molar-refractivity contribution in [1.29, 1.82) is 0 Å². The molecule has 2 aliphatic heterocycles. The molecule has 38 heavy (non-hydrogen) atoms. The van der Waals surface area contributed by atoms with Gasteiger partial charge in [0.25, 0.3) is 0 Å². The predicted octanol–water partition coefficient (Wildman–Crippen LogP) is -25.9. The van der Waals surface area contributed by atoms with E-state index < -0.39 is 98.3 Å². The van der Waals surface area contributed by atoms with Crippen molar-refractivity contribution in [1.82, 2.24) is 0 Å². The smallest absolute Gasteiger partial charge is 0.214 e. The Kier molecular flexibility index (Phi) is 21.0. The molecule has 0 aromatic carbocycles. The Bertz CT molecular complexity index is 657.